The first-order valence-corrected chi connectivity index (χ1v) is 9.11. The van der Waals surface area contributed by atoms with Gasteiger partial charge < -0.3 is 4.42 Å². The van der Waals surface area contributed by atoms with Gasteiger partial charge in [0.1, 0.15) is 12.3 Å². The number of hydrogen-bond acceptors (Lipinski definition) is 5. The Kier molecular flexibility index (Phi) is 4.64. The fraction of sp³-hybridized carbons (Fsp3) is 0.263. The number of likely N-dealkylation sites (N-methyl/N-ethyl adjacent to an activating group) is 2. The van der Waals surface area contributed by atoms with Gasteiger partial charge in [-0.2, -0.15) is 0 Å². The quantitative estimate of drug-likeness (QED) is 0.795. The van der Waals surface area contributed by atoms with Crippen LogP contribution in [0, 0.1) is 0 Å². The Morgan fingerprint density at radius 3 is 2.68 bits per heavy atom. The minimum Gasteiger partial charge on any atom is -0.466 e. The second-order valence-electron chi connectivity index (χ2n) is 6.63. The summed E-state index contributed by atoms with van der Waals surface area (Å²) < 4.78 is 7.04. The van der Waals surface area contributed by atoms with E-state index in [1.807, 2.05) is 6.07 Å². The second kappa shape index (κ2) is 7.12. The van der Waals surface area contributed by atoms with E-state index in [0.717, 1.165) is 11.3 Å². The molecular formula is C19H19ClN5O3+. The predicted octanol–water partition coefficient (Wildman–Crippen LogP) is 1.90. The molecule has 4 rings (SSSR count). The summed E-state index contributed by atoms with van der Waals surface area (Å²) in [5, 5.41) is 3.76. The molecule has 9 heteroatoms. The molecule has 144 valence electrons. The van der Waals surface area contributed by atoms with Gasteiger partial charge >= 0.3 is 12.0 Å². The zero-order valence-corrected chi connectivity index (χ0v) is 16.2. The van der Waals surface area contributed by atoms with Gasteiger partial charge in [0, 0.05) is 12.1 Å². The van der Waals surface area contributed by atoms with Crippen molar-refractivity contribution in [2.75, 3.05) is 14.1 Å². The first kappa shape index (κ1) is 18.2. The van der Waals surface area contributed by atoms with Crippen molar-refractivity contribution in [2.45, 2.75) is 19.1 Å². The first-order chi connectivity index (χ1) is 13.5. The molecule has 0 saturated carbocycles. The van der Waals surface area contributed by atoms with Crippen LogP contribution in [0.2, 0.25) is 5.02 Å². The Labute approximate surface area is 166 Å². The van der Waals surface area contributed by atoms with Gasteiger partial charge in [0.2, 0.25) is 11.9 Å². The fourth-order valence-electron chi connectivity index (χ4n) is 3.26. The van der Waals surface area contributed by atoms with E-state index in [1.165, 1.54) is 9.80 Å². The normalized spacial score (nSPS) is 19.2. The molecule has 1 N–H and O–H groups in total. The van der Waals surface area contributed by atoms with Crippen LogP contribution in [0.5, 0.6) is 0 Å². The maximum absolute atomic E-state index is 13.1. The molecule has 1 aromatic heterocycles. The summed E-state index contributed by atoms with van der Waals surface area (Å²) in [7, 11) is 3.40. The van der Waals surface area contributed by atoms with Crippen molar-refractivity contribution in [2.24, 2.45) is 4.99 Å². The van der Waals surface area contributed by atoms with E-state index in [2.05, 4.69) is 10.3 Å². The van der Waals surface area contributed by atoms with Gasteiger partial charge in [-0.1, -0.05) is 28.7 Å². The fourth-order valence-corrected chi connectivity index (χ4v) is 3.39. The monoisotopic (exact) mass is 400 g/mol. The molecular weight excluding hydrogens is 382 g/mol. The van der Waals surface area contributed by atoms with Gasteiger partial charge in [-0.3, -0.25) is 19.9 Å². The molecule has 0 aliphatic carbocycles. The number of aliphatic imine (C=N–C) groups is 1. The summed E-state index contributed by atoms with van der Waals surface area (Å²) in [5.41, 5.74) is 0.820. The molecule has 1 unspecified atom stereocenters. The van der Waals surface area contributed by atoms with Gasteiger partial charge in [-0.25, -0.2) is 9.37 Å². The van der Waals surface area contributed by atoms with Crippen LogP contribution in [-0.2, 0) is 17.9 Å². The molecule has 2 aromatic rings. The lowest BCUT2D eigenvalue weighted by atomic mass is 10.1. The molecule has 0 bridgehead atoms. The smallest absolute Gasteiger partial charge is 0.390 e. The molecule has 2 aliphatic rings. The van der Waals surface area contributed by atoms with Crippen LogP contribution in [0.4, 0.5) is 4.79 Å². The predicted molar refractivity (Wildman–Crippen MR) is 103 cm³/mol. The number of carbonyl (C=O) groups is 2. The number of amidine groups is 1. The lowest BCUT2D eigenvalue weighted by Crippen LogP contribution is -2.62. The summed E-state index contributed by atoms with van der Waals surface area (Å²) in [6.07, 6.45) is 1.59. The van der Waals surface area contributed by atoms with Gasteiger partial charge in [-0.15, -0.1) is 0 Å². The second-order valence-corrected chi connectivity index (χ2v) is 7.07. The zero-order chi connectivity index (χ0) is 19.8. The van der Waals surface area contributed by atoms with Crippen LogP contribution >= 0.6 is 11.6 Å². The SMILES string of the molecule is CN1C(=O)N(Cc2ccc(Cl)cc2)C(=O)C2C1=NC(NCc1ccco1)=[N+]2C. The van der Waals surface area contributed by atoms with Crippen LogP contribution in [0.1, 0.15) is 11.3 Å². The highest BCUT2D eigenvalue weighted by Gasteiger charge is 2.51. The summed E-state index contributed by atoms with van der Waals surface area (Å²) in [6.45, 7) is 0.600. The third-order valence-electron chi connectivity index (χ3n) is 4.80. The van der Waals surface area contributed by atoms with Gasteiger partial charge in [-0.05, 0) is 29.8 Å². The summed E-state index contributed by atoms with van der Waals surface area (Å²) in [6, 6.07) is 9.65. The Balaban J connectivity index is 1.57. The first-order valence-electron chi connectivity index (χ1n) is 8.74. The van der Waals surface area contributed by atoms with Crippen LogP contribution in [0.3, 0.4) is 0 Å². The molecule has 2 aliphatic heterocycles. The number of urea groups is 1. The van der Waals surface area contributed by atoms with Crippen molar-refractivity contribution in [1.82, 2.24) is 15.1 Å². The number of guanidine groups is 1. The number of benzene rings is 1. The van der Waals surface area contributed by atoms with E-state index in [4.69, 9.17) is 16.0 Å². The maximum Gasteiger partial charge on any atom is 0.390 e. The van der Waals surface area contributed by atoms with Gasteiger partial charge in [0.25, 0.3) is 5.91 Å². The number of imide groups is 1. The molecule has 1 aromatic carbocycles. The molecule has 3 heterocycles. The van der Waals surface area contributed by atoms with Crippen molar-refractivity contribution in [3.63, 3.8) is 0 Å². The number of furan rings is 1. The number of nitrogens with zero attached hydrogens (tertiary/aromatic N) is 4. The van der Waals surface area contributed by atoms with Gasteiger partial charge in [0.05, 0.1) is 19.9 Å². The summed E-state index contributed by atoms with van der Waals surface area (Å²) >= 11 is 5.92. The topological polar surface area (TPSA) is 81.2 Å². The van der Waals surface area contributed by atoms with Crippen LogP contribution in [0.15, 0.2) is 52.1 Å². The Bertz CT molecular complexity index is 982. The Hall–Kier alpha value is -3.13. The molecule has 8 nitrogen and oxygen atoms in total. The number of carbonyl (C=O) groups excluding carboxylic acids is 2. The molecule has 1 atom stereocenters. The molecule has 0 spiro atoms. The van der Waals surface area contributed by atoms with E-state index in [0.29, 0.717) is 23.4 Å². The Morgan fingerprint density at radius 2 is 2.00 bits per heavy atom. The average molecular weight is 401 g/mol. The van der Waals surface area contributed by atoms with E-state index in [1.54, 1.807) is 55.3 Å². The highest BCUT2D eigenvalue weighted by molar-refractivity contribution is 6.30. The van der Waals surface area contributed by atoms with E-state index >= 15 is 0 Å². The van der Waals surface area contributed by atoms with Crippen LogP contribution in [0.25, 0.3) is 0 Å². The van der Waals surface area contributed by atoms with Crippen molar-refractivity contribution in [3.8, 4) is 0 Å². The number of fused-ring (bicyclic) bond motifs is 1. The standard InChI is InChI=1S/C19H18ClN5O3/c1-23-15-16(22-18(23)21-10-14-4-3-9-28-14)24(2)19(27)25(17(15)26)11-12-5-7-13(20)8-6-12/h3-9,15H,10-11H2,1-2H3/p+1. The number of nitrogens with one attached hydrogen (secondary N) is 1. The number of hydrogen-bond donors (Lipinski definition) is 1. The van der Waals surface area contributed by atoms with Gasteiger partial charge in [0.15, 0.2) is 0 Å². The molecule has 3 amide bonds. The average Bonchev–Trinajstić information content (AvgIpc) is 3.31. The summed E-state index contributed by atoms with van der Waals surface area (Å²) in [5.74, 6) is 1.36. The van der Waals surface area contributed by atoms with Crippen molar-refractivity contribution >= 4 is 35.3 Å². The highest BCUT2D eigenvalue weighted by atomic mass is 35.5. The minimum atomic E-state index is -0.658. The zero-order valence-electron chi connectivity index (χ0n) is 15.4. The third-order valence-corrected chi connectivity index (χ3v) is 5.05. The third kappa shape index (κ3) is 3.16. The van der Waals surface area contributed by atoms with Crippen molar-refractivity contribution < 1.29 is 18.6 Å². The summed E-state index contributed by atoms with van der Waals surface area (Å²) in [4.78, 5) is 33.0. The van der Waals surface area contributed by atoms with Crippen molar-refractivity contribution in [3.05, 3.63) is 59.0 Å². The van der Waals surface area contributed by atoms with Crippen LogP contribution < -0.4 is 5.32 Å². The molecule has 1 saturated heterocycles. The number of halogens is 1. The largest absolute Gasteiger partial charge is 0.466 e. The number of amides is 3. The highest BCUT2D eigenvalue weighted by Crippen LogP contribution is 2.21. The van der Waals surface area contributed by atoms with E-state index in [9.17, 15) is 9.59 Å². The van der Waals surface area contributed by atoms with Crippen molar-refractivity contribution in [1.29, 1.82) is 0 Å². The number of rotatable bonds is 4. The molecule has 28 heavy (non-hydrogen) atoms. The molecule has 0 radical (unpaired) electrons. The van der Waals surface area contributed by atoms with Crippen LogP contribution in [-0.4, -0.2) is 58.2 Å². The van der Waals surface area contributed by atoms with E-state index < -0.39 is 12.1 Å². The minimum absolute atomic E-state index is 0.173. The Morgan fingerprint density at radius 1 is 1.25 bits per heavy atom. The molecule has 1 fully saturated rings. The maximum atomic E-state index is 13.1. The lowest BCUT2D eigenvalue weighted by Gasteiger charge is -2.33. The van der Waals surface area contributed by atoms with E-state index in [-0.39, 0.29) is 12.5 Å². The lowest BCUT2D eigenvalue weighted by molar-refractivity contribution is -0.507.